The normalized spacial score (nSPS) is 11.1. The Morgan fingerprint density at radius 3 is 2.50 bits per heavy atom. The fraction of sp³-hybridized carbons (Fsp3) is 0. The maximum Gasteiger partial charge on any atom is 0.332 e. The lowest BCUT2D eigenvalue weighted by Gasteiger charge is -1.93. The van der Waals surface area contributed by atoms with Gasteiger partial charge >= 0.3 is 10.2 Å². The molecular formula is C7H5FO3S. The Morgan fingerprint density at radius 2 is 2.00 bits per heavy atom. The number of aldehydes is 1. The topological polar surface area (TPSA) is 51.2 Å². The van der Waals surface area contributed by atoms with Crippen LogP contribution in [-0.4, -0.2) is 14.7 Å². The van der Waals surface area contributed by atoms with E-state index in [1.807, 2.05) is 0 Å². The minimum Gasteiger partial charge on any atom is -0.298 e. The Morgan fingerprint density at radius 1 is 1.33 bits per heavy atom. The van der Waals surface area contributed by atoms with Crippen LogP contribution in [0.15, 0.2) is 29.2 Å². The van der Waals surface area contributed by atoms with Crippen LogP contribution in [0.25, 0.3) is 0 Å². The smallest absolute Gasteiger partial charge is 0.298 e. The van der Waals surface area contributed by atoms with Crippen molar-refractivity contribution in [2.24, 2.45) is 0 Å². The van der Waals surface area contributed by atoms with Gasteiger partial charge in [-0.25, -0.2) is 0 Å². The standard InChI is InChI=1S/C7H5FO3S/c8-12(10,11)7-3-1-2-6(4-7)5-9/h1-5H. The Kier molecular flexibility index (Phi) is 2.23. The van der Waals surface area contributed by atoms with E-state index in [2.05, 4.69) is 0 Å². The van der Waals surface area contributed by atoms with Crippen molar-refractivity contribution < 1.29 is 17.1 Å². The molecule has 0 aromatic heterocycles. The van der Waals surface area contributed by atoms with Gasteiger partial charge in [-0.2, -0.15) is 8.42 Å². The van der Waals surface area contributed by atoms with Gasteiger partial charge in [-0.3, -0.25) is 4.79 Å². The monoisotopic (exact) mass is 188 g/mol. The molecule has 0 heterocycles. The predicted molar refractivity (Wildman–Crippen MR) is 40.1 cm³/mol. The summed E-state index contributed by atoms with van der Waals surface area (Å²) in [6.07, 6.45) is 0.453. The molecule has 0 N–H and O–H groups in total. The summed E-state index contributed by atoms with van der Waals surface area (Å²) in [4.78, 5) is 9.67. The van der Waals surface area contributed by atoms with E-state index in [0.717, 1.165) is 12.1 Å². The first kappa shape index (κ1) is 8.86. The van der Waals surface area contributed by atoms with Crippen LogP contribution < -0.4 is 0 Å². The molecule has 1 aromatic carbocycles. The minimum absolute atomic E-state index is 0.133. The number of hydrogen-bond acceptors (Lipinski definition) is 3. The van der Waals surface area contributed by atoms with Gasteiger partial charge in [-0.05, 0) is 12.1 Å². The zero-order valence-corrected chi connectivity index (χ0v) is 6.71. The summed E-state index contributed by atoms with van der Waals surface area (Å²) in [5.74, 6) is 0. The van der Waals surface area contributed by atoms with Gasteiger partial charge in [0.25, 0.3) is 0 Å². The molecule has 0 radical (unpaired) electrons. The van der Waals surface area contributed by atoms with Crippen LogP contribution in [-0.2, 0) is 10.2 Å². The Labute approximate surface area is 69.0 Å². The van der Waals surface area contributed by atoms with Crippen molar-refractivity contribution in [3.8, 4) is 0 Å². The first-order valence-corrected chi connectivity index (χ1v) is 4.42. The molecule has 3 nitrogen and oxygen atoms in total. The van der Waals surface area contributed by atoms with Crippen LogP contribution in [0.5, 0.6) is 0 Å². The average Bonchev–Trinajstić information content (AvgIpc) is 2.03. The summed E-state index contributed by atoms with van der Waals surface area (Å²) in [6, 6.07) is 4.75. The van der Waals surface area contributed by atoms with Gasteiger partial charge in [-0.15, -0.1) is 3.89 Å². The van der Waals surface area contributed by atoms with E-state index >= 15 is 0 Å². The van der Waals surface area contributed by atoms with Crippen molar-refractivity contribution in [1.29, 1.82) is 0 Å². The van der Waals surface area contributed by atoms with Crippen LogP contribution in [0.3, 0.4) is 0 Å². The summed E-state index contributed by atoms with van der Waals surface area (Å²) in [7, 11) is -4.69. The van der Waals surface area contributed by atoms with E-state index < -0.39 is 15.1 Å². The van der Waals surface area contributed by atoms with Crippen molar-refractivity contribution in [3.05, 3.63) is 29.8 Å². The lowest BCUT2D eigenvalue weighted by Crippen LogP contribution is -1.92. The number of rotatable bonds is 2. The average molecular weight is 188 g/mol. The molecule has 0 saturated heterocycles. The second-order valence-corrected chi connectivity index (χ2v) is 3.48. The van der Waals surface area contributed by atoms with Crippen LogP contribution in [0.1, 0.15) is 10.4 Å². The number of hydrogen-bond donors (Lipinski definition) is 0. The van der Waals surface area contributed by atoms with Crippen LogP contribution in [0.4, 0.5) is 3.89 Å². The molecule has 0 spiro atoms. The Bertz CT molecular complexity index is 397. The van der Waals surface area contributed by atoms with Crippen molar-refractivity contribution in [3.63, 3.8) is 0 Å². The largest absolute Gasteiger partial charge is 0.332 e. The highest BCUT2D eigenvalue weighted by Gasteiger charge is 2.10. The summed E-state index contributed by atoms with van der Waals surface area (Å²) in [6.45, 7) is 0. The molecule has 1 rings (SSSR count). The summed E-state index contributed by atoms with van der Waals surface area (Å²) < 4.78 is 32.9. The van der Waals surface area contributed by atoms with E-state index in [-0.39, 0.29) is 5.56 Å². The van der Waals surface area contributed by atoms with Crippen molar-refractivity contribution in [2.45, 2.75) is 4.90 Å². The predicted octanol–water partition coefficient (Wildman–Crippen LogP) is 1.16. The minimum atomic E-state index is -4.69. The first-order chi connectivity index (χ1) is 5.54. The Hall–Kier alpha value is -1.23. The summed E-state index contributed by atoms with van der Waals surface area (Å²) in [5, 5.41) is 0. The molecule has 0 amide bonds. The summed E-state index contributed by atoms with van der Waals surface area (Å²) in [5.41, 5.74) is 0.133. The van der Waals surface area contributed by atoms with E-state index in [1.165, 1.54) is 12.1 Å². The van der Waals surface area contributed by atoms with Crippen molar-refractivity contribution >= 4 is 16.5 Å². The maximum absolute atomic E-state index is 12.3. The molecule has 0 bridgehead atoms. The quantitative estimate of drug-likeness (QED) is 0.517. The van der Waals surface area contributed by atoms with E-state index in [4.69, 9.17) is 0 Å². The zero-order chi connectivity index (χ0) is 9.19. The maximum atomic E-state index is 12.3. The highest BCUT2D eigenvalue weighted by molar-refractivity contribution is 7.86. The van der Waals surface area contributed by atoms with Crippen LogP contribution in [0, 0.1) is 0 Å². The molecule has 0 saturated carbocycles. The highest BCUT2D eigenvalue weighted by atomic mass is 32.3. The Balaban J connectivity index is 3.29. The molecule has 0 aliphatic rings. The molecule has 0 atom stereocenters. The fourth-order valence-electron chi connectivity index (χ4n) is 0.740. The number of carbonyl (C=O) groups is 1. The van der Waals surface area contributed by atoms with Gasteiger partial charge in [0.2, 0.25) is 0 Å². The lowest BCUT2D eigenvalue weighted by molar-refractivity contribution is 0.112. The number of benzene rings is 1. The third-order valence-corrected chi connectivity index (χ3v) is 2.09. The molecule has 0 aliphatic carbocycles. The third kappa shape index (κ3) is 1.88. The number of carbonyl (C=O) groups excluding carboxylic acids is 1. The zero-order valence-electron chi connectivity index (χ0n) is 5.90. The van der Waals surface area contributed by atoms with Gasteiger partial charge in [-0.1, -0.05) is 12.1 Å². The second-order valence-electron chi connectivity index (χ2n) is 2.13. The van der Waals surface area contributed by atoms with Crippen LogP contribution in [0.2, 0.25) is 0 Å². The second kappa shape index (κ2) is 3.02. The first-order valence-electron chi connectivity index (χ1n) is 3.04. The van der Waals surface area contributed by atoms with E-state index in [1.54, 1.807) is 0 Å². The van der Waals surface area contributed by atoms with E-state index in [9.17, 15) is 17.1 Å². The van der Waals surface area contributed by atoms with E-state index in [0.29, 0.717) is 6.29 Å². The molecule has 64 valence electrons. The number of halogens is 1. The van der Waals surface area contributed by atoms with Crippen molar-refractivity contribution in [1.82, 2.24) is 0 Å². The molecule has 0 fully saturated rings. The molecular weight excluding hydrogens is 183 g/mol. The third-order valence-electron chi connectivity index (χ3n) is 1.28. The molecule has 5 heteroatoms. The highest BCUT2D eigenvalue weighted by Crippen LogP contribution is 2.12. The summed E-state index contributed by atoms with van der Waals surface area (Å²) >= 11 is 0. The SMILES string of the molecule is O=Cc1cccc(S(=O)(=O)F)c1. The van der Waals surface area contributed by atoms with Gasteiger partial charge in [0.05, 0.1) is 4.90 Å². The van der Waals surface area contributed by atoms with Crippen molar-refractivity contribution in [2.75, 3.05) is 0 Å². The van der Waals surface area contributed by atoms with Gasteiger partial charge in [0, 0.05) is 5.56 Å². The van der Waals surface area contributed by atoms with Gasteiger partial charge in [0.15, 0.2) is 0 Å². The molecule has 0 unspecified atom stereocenters. The lowest BCUT2D eigenvalue weighted by atomic mass is 10.2. The molecule has 1 aromatic rings. The van der Waals surface area contributed by atoms with Crippen LogP contribution >= 0.6 is 0 Å². The van der Waals surface area contributed by atoms with Gasteiger partial charge in [0.1, 0.15) is 6.29 Å². The molecule has 0 aliphatic heterocycles. The fourth-order valence-corrected chi connectivity index (χ4v) is 1.26. The van der Waals surface area contributed by atoms with Gasteiger partial charge < -0.3 is 0 Å². The molecule has 12 heavy (non-hydrogen) atoms.